The molecule has 2 heterocycles. The number of aliphatic imine (C=N–C) groups is 1. The van der Waals surface area contributed by atoms with Crippen molar-refractivity contribution in [1.82, 2.24) is 15.2 Å². The van der Waals surface area contributed by atoms with E-state index in [4.69, 9.17) is 4.99 Å². The van der Waals surface area contributed by atoms with E-state index in [0.717, 1.165) is 50.1 Å². The Morgan fingerprint density at radius 1 is 1.10 bits per heavy atom. The van der Waals surface area contributed by atoms with Gasteiger partial charge in [0.25, 0.3) is 0 Å². The molecule has 1 aliphatic rings. The first kappa shape index (κ1) is 23.4. The Bertz CT molecular complexity index is 896. The van der Waals surface area contributed by atoms with Crippen LogP contribution in [0.3, 0.4) is 0 Å². The molecule has 0 atom stereocenters. The molecule has 0 bridgehead atoms. The number of aromatic nitrogens is 1. The van der Waals surface area contributed by atoms with Gasteiger partial charge in [-0.1, -0.05) is 18.2 Å². The summed E-state index contributed by atoms with van der Waals surface area (Å²) in [5.41, 5.74) is 0.981. The maximum atomic E-state index is 11.6. The molecule has 3 rings (SSSR count). The molecule has 158 valence electrons. The third-order valence-corrected chi connectivity index (χ3v) is 5.78. The number of sulfone groups is 1. The highest BCUT2D eigenvalue weighted by Crippen LogP contribution is 2.14. The Balaban J connectivity index is 0.00000300. The van der Waals surface area contributed by atoms with Gasteiger partial charge in [-0.25, -0.2) is 18.4 Å². The average Bonchev–Trinajstić information content (AvgIpc) is 2.71. The van der Waals surface area contributed by atoms with Crippen molar-refractivity contribution in [2.24, 2.45) is 4.99 Å². The molecule has 0 aliphatic carbocycles. The molecule has 29 heavy (non-hydrogen) atoms. The summed E-state index contributed by atoms with van der Waals surface area (Å²) in [5.74, 6) is 1.89. The standard InChI is InChI=1S/C20H27N5O2S.HI/c1-3-21-20(23-16-17-7-9-18(10-8-17)28(2,26)27)25-14-12-24(13-15-25)19-6-4-5-11-22-19;/h4-11H,3,12-16H2,1-2H3,(H,21,23);1H. The third-order valence-electron chi connectivity index (χ3n) is 4.65. The monoisotopic (exact) mass is 529 g/mol. The van der Waals surface area contributed by atoms with Gasteiger partial charge in [-0.05, 0) is 36.8 Å². The Kier molecular flexibility index (Phi) is 8.69. The summed E-state index contributed by atoms with van der Waals surface area (Å²) >= 11 is 0. The highest BCUT2D eigenvalue weighted by molar-refractivity contribution is 14.0. The predicted molar refractivity (Wildman–Crippen MR) is 128 cm³/mol. The fourth-order valence-electron chi connectivity index (χ4n) is 3.12. The van der Waals surface area contributed by atoms with Crippen LogP contribution in [0.1, 0.15) is 12.5 Å². The summed E-state index contributed by atoms with van der Waals surface area (Å²) in [5, 5.41) is 3.36. The maximum absolute atomic E-state index is 11.6. The zero-order valence-corrected chi connectivity index (χ0v) is 19.9. The minimum absolute atomic E-state index is 0. The van der Waals surface area contributed by atoms with E-state index in [1.165, 1.54) is 6.26 Å². The Morgan fingerprint density at radius 3 is 2.34 bits per heavy atom. The molecule has 0 unspecified atom stereocenters. The number of pyridine rings is 1. The molecule has 0 radical (unpaired) electrons. The SMILES string of the molecule is CCNC(=NCc1ccc(S(C)(=O)=O)cc1)N1CCN(c2ccccn2)CC1.I. The number of benzene rings is 1. The van der Waals surface area contributed by atoms with Crippen LogP contribution in [0.5, 0.6) is 0 Å². The van der Waals surface area contributed by atoms with Gasteiger partial charge in [0.05, 0.1) is 11.4 Å². The highest BCUT2D eigenvalue weighted by atomic mass is 127. The summed E-state index contributed by atoms with van der Waals surface area (Å²) < 4.78 is 23.2. The number of anilines is 1. The largest absolute Gasteiger partial charge is 0.357 e. The van der Waals surface area contributed by atoms with E-state index in [2.05, 4.69) is 27.0 Å². The van der Waals surface area contributed by atoms with Crippen LogP contribution in [-0.2, 0) is 16.4 Å². The smallest absolute Gasteiger partial charge is 0.194 e. The third kappa shape index (κ3) is 6.56. The Hall–Kier alpha value is -1.88. The van der Waals surface area contributed by atoms with Gasteiger partial charge in [0.15, 0.2) is 15.8 Å². The summed E-state index contributed by atoms with van der Waals surface area (Å²) in [7, 11) is -3.17. The first-order valence-electron chi connectivity index (χ1n) is 9.45. The lowest BCUT2D eigenvalue weighted by atomic mass is 10.2. The topological polar surface area (TPSA) is 77.9 Å². The highest BCUT2D eigenvalue weighted by Gasteiger charge is 2.20. The van der Waals surface area contributed by atoms with Crippen molar-refractivity contribution in [3.63, 3.8) is 0 Å². The molecular weight excluding hydrogens is 501 g/mol. The van der Waals surface area contributed by atoms with E-state index in [1.807, 2.05) is 36.5 Å². The normalized spacial score (nSPS) is 15.0. The number of guanidine groups is 1. The van der Waals surface area contributed by atoms with Crippen molar-refractivity contribution in [1.29, 1.82) is 0 Å². The molecule has 1 saturated heterocycles. The van der Waals surface area contributed by atoms with E-state index >= 15 is 0 Å². The number of nitrogens with one attached hydrogen (secondary N) is 1. The van der Waals surface area contributed by atoms with Crippen molar-refractivity contribution in [3.8, 4) is 0 Å². The van der Waals surface area contributed by atoms with Gasteiger partial charge in [-0.15, -0.1) is 24.0 Å². The van der Waals surface area contributed by atoms with Gasteiger partial charge in [0.1, 0.15) is 5.82 Å². The second-order valence-corrected chi connectivity index (χ2v) is 8.76. The number of halogens is 1. The molecule has 1 N–H and O–H groups in total. The van der Waals surface area contributed by atoms with Gasteiger partial charge in [-0.2, -0.15) is 0 Å². The molecule has 7 nitrogen and oxygen atoms in total. The number of rotatable bonds is 5. The summed E-state index contributed by atoms with van der Waals surface area (Å²) in [4.78, 5) is 14.0. The second-order valence-electron chi connectivity index (χ2n) is 6.75. The summed E-state index contributed by atoms with van der Waals surface area (Å²) in [6, 6.07) is 12.9. The predicted octanol–water partition coefficient (Wildman–Crippen LogP) is 2.39. The molecule has 0 spiro atoms. The average molecular weight is 529 g/mol. The molecule has 0 saturated carbocycles. The molecule has 1 fully saturated rings. The van der Waals surface area contributed by atoms with Crippen LogP contribution < -0.4 is 10.2 Å². The van der Waals surface area contributed by atoms with E-state index in [-0.39, 0.29) is 24.0 Å². The minimum atomic E-state index is -3.17. The molecule has 1 aliphatic heterocycles. The van der Waals surface area contributed by atoms with Crippen molar-refractivity contribution >= 4 is 45.6 Å². The zero-order chi connectivity index (χ0) is 20.0. The lowest BCUT2D eigenvalue weighted by Gasteiger charge is -2.37. The summed E-state index contributed by atoms with van der Waals surface area (Å²) in [6.45, 7) is 6.89. The van der Waals surface area contributed by atoms with Crippen LogP contribution in [-0.4, -0.2) is 63.2 Å². The van der Waals surface area contributed by atoms with Gasteiger partial charge < -0.3 is 15.1 Å². The van der Waals surface area contributed by atoms with E-state index in [0.29, 0.717) is 11.4 Å². The Morgan fingerprint density at radius 2 is 1.79 bits per heavy atom. The Labute approximate surface area is 190 Å². The first-order valence-corrected chi connectivity index (χ1v) is 11.3. The van der Waals surface area contributed by atoms with E-state index in [9.17, 15) is 8.42 Å². The molecule has 1 aromatic heterocycles. The lowest BCUT2D eigenvalue weighted by Crippen LogP contribution is -2.52. The van der Waals surface area contributed by atoms with Gasteiger partial charge in [-0.3, -0.25) is 0 Å². The second kappa shape index (κ2) is 10.8. The summed E-state index contributed by atoms with van der Waals surface area (Å²) in [6.07, 6.45) is 3.04. The van der Waals surface area contributed by atoms with Crippen LogP contribution in [0.4, 0.5) is 5.82 Å². The first-order chi connectivity index (χ1) is 13.5. The number of hydrogen-bond donors (Lipinski definition) is 1. The fraction of sp³-hybridized carbons (Fsp3) is 0.400. The van der Waals surface area contributed by atoms with Gasteiger partial charge in [0.2, 0.25) is 0 Å². The fourth-order valence-corrected chi connectivity index (χ4v) is 3.75. The van der Waals surface area contributed by atoms with Crippen molar-refractivity contribution in [2.45, 2.75) is 18.4 Å². The molecule has 1 aromatic carbocycles. The number of piperazine rings is 1. The van der Waals surface area contributed by atoms with Crippen molar-refractivity contribution in [3.05, 3.63) is 54.2 Å². The number of nitrogens with zero attached hydrogens (tertiary/aromatic N) is 4. The van der Waals surface area contributed by atoms with Crippen LogP contribution in [0.15, 0.2) is 58.5 Å². The minimum Gasteiger partial charge on any atom is -0.357 e. The zero-order valence-electron chi connectivity index (χ0n) is 16.8. The van der Waals surface area contributed by atoms with E-state index < -0.39 is 9.84 Å². The van der Waals surface area contributed by atoms with Crippen LogP contribution >= 0.6 is 24.0 Å². The molecular formula is C20H28IN5O2S. The van der Waals surface area contributed by atoms with Crippen LogP contribution in [0.2, 0.25) is 0 Å². The number of hydrogen-bond acceptors (Lipinski definition) is 5. The van der Waals surface area contributed by atoms with Gasteiger partial charge >= 0.3 is 0 Å². The van der Waals surface area contributed by atoms with Crippen molar-refractivity contribution in [2.75, 3.05) is 43.9 Å². The molecule has 9 heteroatoms. The molecule has 0 amide bonds. The van der Waals surface area contributed by atoms with Crippen LogP contribution in [0.25, 0.3) is 0 Å². The quantitative estimate of drug-likeness (QED) is 0.364. The lowest BCUT2D eigenvalue weighted by molar-refractivity contribution is 0.371. The maximum Gasteiger partial charge on any atom is 0.194 e. The molecule has 2 aromatic rings. The van der Waals surface area contributed by atoms with Crippen LogP contribution in [0, 0.1) is 0 Å². The van der Waals surface area contributed by atoms with Gasteiger partial charge in [0, 0.05) is 45.2 Å². The van der Waals surface area contributed by atoms with E-state index in [1.54, 1.807) is 12.1 Å². The van der Waals surface area contributed by atoms with Crippen molar-refractivity contribution < 1.29 is 8.42 Å².